The first-order chi connectivity index (χ1) is 12.0. The molecule has 1 aromatic carbocycles. The zero-order chi connectivity index (χ0) is 18.0. The summed E-state index contributed by atoms with van der Waals surface area (Å²) in [4.78, 5) is 26.2. The number of ether oxygens (including phenoxy) is 1. The van der Waals surface area contributed by atoms with Gasteiger partial charge < -0.3 is 14.4 Å². The lowest BCUT2D eigenvalue weighted by atomic mass is 9.75. The van der Waals surface area contributed by atoms with Crippen LogP contribution in [0.25, 0.3) is 0 Å². The molecule has 25 heavy (non-hydrogen) atoms. The van der Waals surface area contributed by atoms with E-state index in [0.717, 1.165) is 24.7 Å². The minimum absolute atomic E-state index is 0.310. The summed E-state index contributed by atoms with van der Waals surface area (Å²) in [6.45, 7) is 2.71. The van der Waals surface area contributed by atoms with Crippen LogP contribution in [-0.2, 0) is 14.9 Å². The Bertz CT molecular complexity index is 660. The number of nitrogens with zero attached hydrogens (tertiary/aromatic N) is 1. The summed E-state index contributed by atoms with van der Waals surface area (Å²) in [6.07, 6.45) is 5.91. The summed E-state index contributed by atoms with van der Waals surface area (Å²) >= 11 is 12.2. The van der Waals surface area contributed by atoms with Gasteiger partial charge in [0.05, 0.1) is 10.0 Å². The van der Waals surface area contributed by atoms with E-state index in [-0.39, 0.29) is 6.09 Å². The average Bonchev–Trinajstić information content (AvgIpc) is 2.61. The number of halogens is 2. The zero-order valence-electron chi connectivity index (χ0n) is 14.3. The van der Waals surface area contributed by atoms with Crippen LogP contribution < -0.4 is 0 Å². The molecule has 2 fully saturated rings. The Kier molecular flexibility index (Phi) is 5.59. The molecule has 0 spiro atoms. The number of hydrogen-bond donors (Lipinski definition) is 0. The van der Waals surface area contributed by atoms with Gasteiger partial charge in [0.1, 0.15) is 17.8 Å². The molecule has 1 amide bonds. The minimum atomic E-state index is -0.934. The van der Waals surface area contributed by atoms with Crippen LogP contribution in [0.4, 0.5) is 4.79 Å². The fourth-order valence-electron chi connectivity index (χ4n) is 3.97. The third-order valence-corrected chi connectivity index (χ3v) is 6.32. The van der Waals surface area contributed by atoms with Crippen molar-refractivity contribution in [2.75, 3.05) is 13.1 Å². The Hall–Kier alpha value is -1.26. The van der Waals surface area contributed by atoms with Gasteiger partial charge in [-0.3, -0.25) is 0 Å². The lowest BCUT2D eigenvalue weighted by molar-refractivity contribution is -0.120. The molecule has 2 atom stereocenters. The highest BCUT2D eigenvalue weighted by atomic mass is 35.5. The van der Waals surface area contributed by atoms with Gasteiger partial charge in [-0.1, -0.05) is 48.5 Å². The smallest absolute Gasteiger partial charge is 0.410 e. The molecule has 2 aliphatic rings. The van der Waals surface area contributed by atoms with Gasteiger partial charge in [-0.05, 0) is 43.4 Å². The number of cyclic esters (lactones) is 1. The van der Waals surface area contributed by atoms with Crippen molar-refractivity contribution in [3.05, 3.63) is 33.8 Å². The van der Waals surface area contributed by atoms with E-state index in [9.17, 15) is 9.59 Å². The summed E-state index contributed by atoms with van der Waals surface area (Å²) in [5, 5.41) is 0.828. The first-order valence-corrected chi connectivity index (χ1v) is 9.59. The van der Waals surface area contributed by atoms with Crippen LogP contribution in [0.3, 0.4) is 0 Å². The topological polar surface area (TPSA) is 46.6 Å². The summed E-state index contributed by atoms with van der Waals surface area (Å²) in [5.74, 6) is 0.480. The fraction of sp³-hybridized carbons (Fsp3) is 0.579. The Balaban J connectivity index is 1.87. The molecule has 1 heterocycles. The van der Waals surface area contributed by atoms with Crippen LogP contribution in [0.1, 0.15) is 44.6 Å². The second-order valence-electron chi connectivity index (χ2n) is 7.20. The molecule has 4 nitrogen and oxygen atoms in total. The molecule has 0 radical (unpaired) electrons. The highest BCUT2D eigenvalue weighted by Gasteiger charge is 2.48. The van der Waals surface area contributed by atoms with E-state index < -0.39 is 11.5 Å². The van der Waals surface area contributed by atoms with Crippen molar-refractivity contribution in [2.24, 2.45) is 5.92 Å². The molecule has 6 heteroatoms. The van der Waals surface area contributed by atoms with E-state index in [0.29, 0.717) is 29.1 Å². The van der Waals surface area contributed by atoms with Crippen molar-refractivity contribution >= 4 is 35.6 Å². The molecule has 136 valence electrons. The molecule has 2 unspecified atom stereocenters. The number of aldehydes is 1. The summed E-state index contributed by atoms with van der Waals surface area (Å²) < 4.78 is 5.55. The van der Waals surface area contributed by atoms with Gasteiger partial charge in [0.2, 0.25) is 0 Å². The third kappa shape index (κ3) is 3.65. The van der Waals surface area contributed by atoms with Crippen molar-refractivity contribution < 1.29 is 14.3 Å². The van der Waals surface area contributed by atoms with Crippen LogP contribution >= 0.6 is 23.2 Å². The van der Waals surface area contributed by atoms with E-state index in [2.05, 4.69) is 0 Å². The second-order valence-corrected chi connectivity index (χ2v) is 8.01. The second kappa shape index (κ2) is 7.55. The van der Waals surface area contributed by atoms with E-state index in [1.807, 2.05) is 0 Å². The molecule has 3 rings (SSSR count). The standard InChI is InChI=1S/C19H23Cl2NO3/c1-13-19(12-23,15-7-8-16(20)17(21)9-15)11-22(18(24)25-13)10-14-5-3-2-4-6-14/h7-9,12-14H,2-6,10-11H2,1H3. The van der Waals surface area contributed by atoms with Crippen LogP contribution in [-0.4, -0.2) is 36.5 Å². The zero-order valence-corrected chi connectivity index (χ0v) is 15.9. The molecule has 1 saturated carbocycles. The highest BCUT2D eigenvalue weighted by molar-refractivity contribution is 6.42. The fourth-order valence-corrected chi connectivity index (χ4v) is 4.27. The van der Waals surface area contributed by atoms with Gasteiger partial charge >= 0.3 is 6.09 Å². The van der Waals surface area contributed by atoms with Crippen molar-refractivity contribution in [1.82, 2.24) is 4.90 Å². The van der Waals surface area contributed by atoms with E-state index in [1.54, 1.807) is 30.0 Å². The molecular formula is C19H23Cl2NO3. The van der Waals surface area contributed by atoms with Gasteiger partial charge in [-0.25, -0.2) is 4.79 Å². The molecule has 0 aromatic heterocycles. The maximum atomic E-state index is 12.4. The number of rotatable bonds is 4. The van der Waals surface area contributed by atoms with Gasteiger partial charge in [-0.2, -0.15) is 0 Å². The lowest BCUT2D eigenvalue weighted by Crippen LogP contribution is -2.58. The maximum Gasteiger partial charge on any atom is 0.410 e. The quantitative estimate of drug-likeness (QED) is 0.697. The monoisotopic (exact) mass is 383 g/mol. The number of carbonyl (C=O) groups excluding carboxylic acids is 2. The summed E-state index contributed by atoms with van der Waals surface area (Å²) in [6, 6.07) is 5.17. The number of hydrogen-bond acceptors (Lipinski definition) is 3. The van der Waals surface area contributed by atoms with Crippen LogP contribution in [0.5, 0.6) is 0 Å². The normalized spacial score (nSPS) is 27.9. The van der Waals surface area contributed by atoms with Gasteiger partial charge in [0.15, 0.2) is 0 Å². The molecule has 1 aliphatic carbocycles. The Morgan fingerprint density at radius 3 is 2.60 bits per heavy atom. The molecule has 1 saturated heterocycles. The van der Waals surface area contributed by atoms with Crippen molar-refractivity contribution in [3.8, 4) is 0 Å². The SMILES string of the molecule is CC1OC(=O)N(CC2CCCCC2)CC1(C=O)c1ccc(Cl)c(Cl)c1. The van der Waals surface area contributed by atoms with Crippen LogP contribution in [0.15, 0.2) is 18.2 Å². The Labute approximate surface area is 158 Å². The average molecular weight is 384 g/mol. The van der Waals surface area contributed by atoms with Gasteiger partial charge in [0, 0.05) is 13.1 Å². The molecule has 1 aliphatic heterocycles. The highest BCUT2D eigenvalue weighted by Crippen LogP contribution is 2.37. The maximum absolute atomic E-state index is 12.4. The largest absolute Gasteiger partial charge is 0.445 e. The first-order valence-electron chi connectivity index (χ1n) is 8.83. The van der Waals surface area contributed by atoms with Crippen molar-refractivity contribution in [3.63, 3.8) is 0 Å². The number of carbonyl (C=O) groups is 2. The Morgan fingerprint density at radius 2 is 1.96 bits per heavy atom. The molecule has 1 aromatic rings. The third-order valence-electron chi connectivity index (χ3n) is 5.58. The van der Waals surface area contributed by atoms with E-state index >= 15 is 0 Å². The van der Waals surface area contributed by atoms with Crippen LogP contribution in [0, 0.1) is 5.92 Å². The van der Waals surface area contributed by atoms with Gasteiger partial charge in [0.25, 0.3) is 0 Å². The predicted octanol–water partition coefficient (Wildman–Crippen LogP) is 4.85. The number of amides is 1. The van der Waals surface area contributed by atoms with Crippen LogP contribution in [0.2, 0.25) is 10.0 Å². The summed E-state index contributed by atoms with van der Waals surface area (Å²) in [7, 11) is 0. The van der Waals surface area contributed by atoms with E-state index in [1.165, 1.54) is 19.3 Å². The van der Waals surface area contributed by atoms with Crippen molar-refractivity contribution in [2.45, 2.75) is 50.5 Å². The lowest BCUT2D eigenvalue weighted by Gasteiger charge is -2.44. The molecular weight excluding hydrogens is 361 g/mol. The Morgan fingerprint density at radius 1 is 1.24 bits per heavy atom. The van der Waals surface area contributed by atoms with Crippen molar-refractivity contribution in [1.29, 1.82) is 0 Å². The van der Waals surface area contributed by atoms with Gasteiger partial charge in [-0.15, -0.1) is 0 Å². The first kappa shape index (κ1) is 18.5. The van der Waals surface area contributed by atoms with E-state index in [4.69, 9.17) is 27.9 Å². The molecule has 0 bridgehead atoms. The number of benzene rings is 1. The predicted molar refractivity (Wildman–Crippen MR) is 98.3 cm³/mol. The summed E-state index contributed by atoms with van der Waals surface area (Å²) in [5.41, 5.74) is -0.206. The minimum Gasteiger partial charge on any atom is -0.445 e. The molecule has 0 N–H and O–H groups in total.